The lowest BCUT2D eigenvalue weighted by molar-refractivity contribution is -0.164. The summed E-state index contributed by atoms with van der Waals surface area (Å²) in [5.74, 6) is 1.25. The van der Waals surface area contributed by atoms with Crippen LogP contribution in [0.1, 0.15) is 75.6 Å². The molecule has 1 amide bonds. The summed E-state index contributed by atoms with van der Waals surface area (Å²) in [6, 6.07) is 7.47. The van der Waals surface area contributed by atoms with Gasteiger partial charge in [-0.25, -0.2) is 4.79 Å². The van der Waals surface area contributed by atoms with Gasteiger partial charge in [0.15, 0.2) is 5.78 Å². The number of hydrogen-bond acceptors (Lipinski definition) is 6. The molecule has 7 aliphatic rings. The number of Topliss-reactive ketones (excluding diaryl/α,β-unsaturated/α-hetero) is 1. The summed E-state index contributed by atoms with van der Waals surface area (Å²) in [7, 11) is 3.32. The molecule has 1 aromatic carbocycles. The monoisotopic (exact) mass is 575 g/mol. The van der Waals surface area contributed by atoms with Crippen molar-refractivity contribution in [1.82, 2.24) is 4.90 Å². The molecule has 1 saturated heterocycles. The molecule has 8 rings (SSSR count). The fourth-order valence-electron chi connectivity index (χ4n) is 10.9. The van der Waals surface area contributed by atoms with E-state index in [9.17, 15) is 14.7 Å². The van der Waals surface area contributed by atoms with Crippen molar-refractivity contribution >= 4 is 11.9 Å². The number of allylic oxidation sites excluding steroid dienone is 4. The number of aliphatic hydroxyl groups excluding tert-OH is 1. The predicted molar refractivity (Wildman–Crippen MR) is 158 cm³/mol. The van der Waals surface area contributed by atoms with Gasteiger partial charge in [-0.2, -0.15) is 0 Å². The third kappa shape index (κ3) is 3.47. The smallest absolute Gasteiger partial charge is 0.410 e. The number of benzene rings is 1. The maximum atomic E-state index is 14.6. The molecule has 1 N–H and O–H groups in total. The lowest BCUT2D eigenvalue weighted by Gasteiger charge is -2.71. The number of fused-ring (bicyclic) bond motifs is 2. The van der Waals surface area contributed by atoms with Crippen LogP contribution in [-0.4, -0.2) is 67.5 Å². The van der Waals surface area contributed by atoms with Gasteiger partial charge >= 0.3 is 6.09 Å². The highest BCUT2D eigenvalue weighted by Crippen LogP contribution is 2.79. The Hall–Kier alpha value is -2.64. The molecule has 42 heavy (non-hydrogen) atoms. The summed E-state index contributed by atoms with van der Waals surface area (Å²) in [5, 5.41) is 10.9. The van der Waals surface area contributed by atoms with Crippen molar-refractivity contribution in [1.29, 1.82) is 0 Å². The zero-order valence-electron chi connectivity index (χ0n) is 25.5. The van der Waals surface area contributed by atoms with Crippen molar-refractivity contribution in [3.8, 4) is 5.75 Å². The zero-order valence-corrected chi connectivity index (χ0v) is 25.5. The van der Waals surface area contributed by atoms with Crippen LogP contribution in [0.25, 0.3) is 0 Å². The number of ether oxygens (including phenoxy) is 3. The molecule has 7 heteroatoms. The van der Waals surface area contributed by atoms with E-state index in [-0.39, 0.29) is 46.1 Å². The van der Waals surface area contributed by atoms with Crippen LogP contribution in [0.3, 0.4) is 0 Å². The Bertz CT molecular complexity index is 1350. The van der Waals surface area contributed by atoms with Gasteiger partial charge in [0, 0.05) is 47.6 Å². The minimum atomic E-state index is -0.556. The van der Waals surface area contributed by atoms with Gasteiger partial charge in [0.05, 0.1) is 19.8 Å². The second kappa shape index (κ2) is 9.43. The molecule has 1 aromatic rings. The molecule has 7 nitrogen and oxygen atoms in total. The molecule has 226 valence electrons. The topological polar surface area (TPSA) is 85.3 Å². The Labute approximate surface area is 249 Å². The van der Waals surface area contributed by atoms with Crippen LogP contribution in [0.5, 0.6) is 5.75 Å². The lowest BCUT2D eigenvalue weighted by Crippen LogP contribution is -2.67. The number of carbonyl (C=O) groups is 2. The van der Waals surface area contributed by atoms with Gasteiger partial charge < -0.3 is 24.2 Å². The molecule has 3 saturated carbocycles. The Morgan fingerprint density at radius 2 is 1.74 bits per heavy atom. The Balaban J connectivity index is 1.33. The number of rotatable bonds is 7. The van der Waals surface area contributed by atoms with Crippen LogP contribution in [-0.2, 0) is 9.47 Å². The summed E-state index contributed by atoms with van der Waals surface area (Å²) in [4.78, 5) is 29.7. The van der Waals surface area contributed by atoms with Crippen LogP contribution in [0.2, 0.25) is 0 Å². The van der Waals surface area contributed by atoms with Crippen molar-refractivity contribution < 1.29 is 28.9 Å². The van der Waals surface area contributed by atoms with Gasteiger partial charge in [0.1, 0.15) is 11.4 Å². The van der Waals surface area contributed by atoms with E-state index in [1.165, 1.54) is 0 Å². The molecule has 8 atom stereocenters. The fourth-order valence-corrected chi connectivity index (χ4v) is 10.9. The third-order valence-corrected chi connectivity index (χ3v) is 13.0. The SMILES string of the molecule is COCCCN1CC2(CCC3C45C=CC6(C=C4C(=O)c4ccc(OC)cc4)CC(O)CCC6(C)C5CCC32C)OC1=O. The summed E-state index contributed by atoms with van der Waals surface area (Å²) in [5.41, 5.74) is -0.0814. The molecule has 6 aliphatic carbocycles. The second-order valence-electron chi connectivity index (χ2n) is 14.5. The third-order valence-electron chi connectivity index (χ3n) is 13.0. The maximum absolute atomic E-state index is 14.6. The first-order valence-corrected chi connectivity index (χ1v) is 15.9. The van der Waals surface area contributed by atoms with E-state index in [0.717, 1.165) is 56.3 Å². The van der Waals surface area contributed by atoms with E-state index in [0.29, 0.717) is 31.7 Å². The van der Waals surface area contributed by atoms with Crippen LogP contribution < -0.4 is 4.74 Å². The first-order valence-electron chi connectivity index (χ1n) is 15.9. The van der Waals surface area contributed by atoms with Gasteiger partial charge in [-0.3, -0.25) is 4.79 Å². The first-order chi connectivity index (χ1) is 20.1. The van der Waals surface area contributed by atoms with E-state index in [4.69, 9.17) is 14.2 Å². The molecule has 3 spiro atoms. The van der Waals surface area contributed by atoms with Crippen LogP contribution >= 0.6 is 0 Å². The molecule has 1 heterocycles. The van der Waals surface area contributed by atoms with Crippen LogP contribution in [0.4, 0.5) is 4.79 Å². The highest BCUT2D eigenvalue weighted by atomic mass is 16.6. The van der Waals surface area contributed by atoms with Gasteiger partial charge in [0.25, 0.3) is 0 Å². The fraction of sp³-hybridized carbons (Fsp3) is 0.657. The summed E-state index contributed by atoms with van der Waals surface area (Å²) in [6.45, 7) is 6.61. The minimum absolute atomic E-state index is 0.0414. The minimum Gasteiger partial charge on any atom is -0.497 e. The zero-order chi connectivity index (χ0) is 29.5. The number of ketones is 1. The molecule has 1 aliphatic heterocycles. The van der Waals surface area contributed by atoms with E-state index in [1.54, 1.807) is 14.2 Å². The average Bonchev–Trinajstić information content (AvgIpc) is 3.47. The Morgan fingerprint density at radius 3 is 2.48 bits per heavy atom. The Kier molecular flexibility index (Phi) is 6.32. The highest BCUT2D eigenvalue weighted by Gasteiger charge is 2.76. The van der Waals surface area contributed by atoms with Crippen molar-refractivity contribution in [2.45, 2.75) is 76.9 Å². The maximum Gasteiger partial charge on any atom is 0.410 e. The molecule has 0 aromatic heterocycles. The lowest BCUT2D eigenvalue weighted by atomic mass is 9.32. The standard InChI is InChI=1S/C35H45NO6/c1-31-13-10-24(37)20-33(31)16-17-35(26(21-33)29(38)23-6-8-25(41-4)9-7-23)27(31)11-14-32(2)28(35)12-15-34(32)22-36(30(39)42-34)18-5-19-40-3/h6-9,16-17,21,24,27-28,37H,5,10-15,18-20,22H2,1-4H3. The summed E-state index contributed by atoms with van der Waals surface area (Å²) < 4.78 is 17.1. The first kappa shape index (κ1) is 28.1. The van der Waals surface area contributed by atoms with Gasteiger partial charge in [-0.05, 0) is 92.9 Å². The largest absolute Gasteiger partial charge is 0.497 e. The van der Waals surface area contributed by atoms with E-state index >= 15 is 0 Å². The van der Waals surface area contributed by atoms with Crippen molar-refractivity contribution in [3.63, 3.8) is 0 Å². The molecular formula is C35H45NO6. The van der Waals surface area contributed by atoms with Crippen LogP contribution in [0.15, 0.2) is 48.1 Å². The second-order valence-corrected chi connectivity index (χ2v) is 14.5. The molecule has 8 unspecified atom stereocenters. The summed E-state index contributed by atoms with van der Waals surface area (Å²) >= 11 is 0. The predicted octanol–water partition coefficient (Wildman–Crippen LogP) is 5.97. The highest BCUT2D eigenvalue weighted by molar-refractivity contribution is 6.10. The normalized spacial score (nSPS) is 43.1. The number of methoxy groups -OCH3 is 2. The van der Waals surface area contributed by atoms with Gasteiger partial charge in [0.2, 0.25) is 0 Å². The quantitative estimate of drug-likeness (QED) is 0.245. The number of carbonyl (C=O) groups excluding carboxylic acids is 2. The van der Waals surface area contributed by atoms with E-state index < -0.39 is 11.0 Å². The summed E-state index contributed by atoms with van der Waals surface area (Å²) in [6.07, 6.45) is 13.3. The molecule has 4 fully saturated rings. The van der Waals surface area contributed by atoms with Crippen LogP contribution in [0, 0.1) is 33.5 Å². The molecule has 0 radical (unpaired) electrons. The van der Waals surface area contributed by atoms with E-state index in [1.807, 2.05) is 29.2 Å². The van der Waals surface area contributed by atoms with Gasteiger partial charge in [-0.15, -0.1) is 0 Å². The van der Waals surface area contributed by atoms with Crippen molar-refractivity contribution in [2.24, 2.45) is 33.5 Å². The molecular weight excluding hydrogens is 530 g/mol. The average molecular weight is 576 g/mol. The van der Waals surface area contributed by atoms with Gasteiger partial charge in [-0.1, -0.05) is 32.1 Å². The number of amides is 1. The van der Waals surface area contributed by atoms with Crippen molar-refractivity contribution in [2.75, 3.05) is 33.9 Å². The Morgan fingerprint density at radius 1 is 1.02 bits per heavy atom. The van der Waals surface area contributed by atoms with E-state index in [2.05, 4.69) is 32.1 Å². The number of aliphatic hydroxyl groups is 1. The number of hydrogen-bond donors (Lipinski definition) is 1. The number of nitrogens with zero attached hydrogens (tertiary/aromatic N) is 1. The molecule has 2 bridgehead atoms. The van der Waals surface area contributed by atoms with Crippen molar-refractivity contribution in [3.05, 3.63) is 53.6 Å².